The van der Waals surface area contributed by atoms with Crippen molar-refractivity contribution in [1.29, 1.82) is 0 Å². The lowest BCUT2D eigenvalue weighted by Crippen LogP contribution is -2.34. The molecule has 4 nitrogen and oxygen atoms in total. The summed E-state index contributed by atoms with van der Waals surface area (Å²) in [5.41, 5.74) is 0.0860. The fourth-order valence-electron chi connectivity index (χ4n) is 1.69. The van der Waals surface area contributed by atoms with E-state index in [1.807, 2.05) is 5.38 Å². The van der Waals surface area contributed by atoms with Crippen molar-refractivity contribution in [2.45, 2.75) is 52.5 Å². The average Bonchev–Trinajstić information content (AvgIpc) is 2.84. The van der Waals surface area contributed by atoms with Crippen molar-refractivity contribution >= 4 is 21.4 Å². The highest BCUT2D eigenvalue weighted by Crippen LogP contribution is 2.26. The van der Waals surface area contributed by atoms with E-state index in [1.54, 1.807) is 6.07 Å². The van der Waals surface area contributed by atoms with Gasteiger partial charge in [0.05, 0.1) is 4.90 Å². The Kier molecular flexibility index (Phi) is 6.84. The highest BCUT2D eigenvalue weighted by Gasteiger charge is 2.24. The molecule has 0 bridgehead atoms. The number of hydrogen-bond acceptors (Lipinski definition) is 4. The second kappa shape index (κ2) is 7.72. The molecule has 1 aromatic heterocycles. The molecule has 0 aromatic carbocycles. The maximum atomic E-state index is 12.4. The summed E-state index contributed by atoms with van der Waals surface area (Å²) in [5, 5.41) is 5.10. The van der Waals surface area contributed by atoms with Gasteiger partial charge in [-0.2, -0.15) is 0 Å². The third-order valence-electron chi connectivity index (χ3n) is 3.76. The van der Waals surface area contributed by atoms with E-state index in [1.165, 1.54) is 11.3 Å². The van der Waals surface area contributed by atoms with Gasteiger partial charge in [-0.15, -0.1) is 11.3 Å². The minimum absolute atomic E-state index is 0.0860. The van der Waals surface area contributed by atoms with E-state index < -0.39 is 10.0 Å². The molecule has 0 saturated carbocycles. The summed E-state index contributed by atoms with van der Waals surface area (Å²) in [6, 6.07) is 1.69. The SMILES string of the molecule is CCCNCc1sccc1S(=O)(=O)NCC(C)C(C)(C)C. The first kappa shape index (κ1) is 18.6. The highest BCUT2D eigenvalue weighted by molar-refractivity contribution is 7.89. The van der Waals surface area contributed by atoms with Gasteiger partial charge >= 0.3 is 0 Å². The van der Waals surface area contributed by atoms with Gasteiger partial charge < -0.3 is 5.32 Å². The van der Waals surface area contributed by atoms with Gasteiger partial charge in [-0.3, -0.25) is 0 Å². The van der Waals surface area contributed by atoms with Crippen molar-refractivity contribution in [3.8, 4) is 0 Å². The second-order valence-corrected chi connectivity index (χ2v) is 9.24. The van der Waals surface area contributed by atoms with Crippen LogP contribution in [-0.4, -0.2) is 21.5 Å². The lowest BCUT2D eigenvalue weighted by atomic mass is 9.82. The van der Waals surface area contributed by atoms with Crippen molar-refractivity contribution in [2.75, 3.05) is 13.1 Å². The van der Waals surface area contributed by atoms with Gasteiger partial charge in [-0.25, -0.2) is 13.1 Å². The maximum Gasteiger partial charge on any atom is 0.241 e. The third-order valence-corrected chi connectivity index (χ3v) is 6.32. The van der Waals surface area contributed by atoms with Crippen molar-refractivity contribution < 1.29 is 8.42 Å². The van der Waals surface area contributed by atoms with Crippen LogP contribution in [-0.2, 0) is 16.6 Å². The Morgan fingerprint density at radius 3 is 2.57 bits per heavy atom. The Hall–Kier alpha value is -0.430. The zero-order valence-corrected chi connectivity index (χ0v) is 15.3. The first-order valence-corrected chi connectivity index (χ1v) is 9.81. The van der Waals surface area contributed by atoms with Gasteiger partial charge in [0, 0.05) is 18.0 Å². The summed E-state index contributed by atoms with van der Waals surface area (Å²) in [6.07, 6.45) is 1.04. The standard InChI is InChI=1S/C15H28N2O2S2/c1-6-8-16-11-13-14(7-9-20-13)21(18,19)17-10-12(2)15(3,4)5/h7,9,12,16-17H,6,8,10-11H2,1-5H3. The van der Waals surface area contributed by atoms with Crippen LogP contribution in [0, 0.1) is 11.3 Å². The molecule has 1 heterocycles. The van der Waals surface area contributed by atoms with Crippen molar-refractivity contribution in [3.05, 3.63) is 16.3 Å². The summed E-state index contributed by atoms with van der Waals surface area (Å²) in [5.74, 6) is 0.271. The van der Waals surface area contributed by atoms with E-state index in [4.69, 9.17) is 0 Å². The van der Waals surface area contributed by atoms with Gasteiger partial charge in [0.1, 0.15) is 0 Å². The minimum Gasteiger partial charge on any atom is -0.312 e. The topological polar surface area (TPSA) is 58.2 Å². The molecule has 0 spiro atoms. The fraction of sp³-hybridized carbons (Fsp3) is 0.733. The van der Waals surface area contributed by atoms with Crippen LogP contribution in [0.15, 0.2) is 16.3 Å². The van der Waals surface area contributed by atoms with Crippen LogP contribution in [0.3, 0.4) is 0 Å². The molecule has 6 heteroatoms. The van der Waals surface area contributed by atoms with Crippen molar-refractivity contribution in [2.24, 2.45) is 11.3 Å². The first-order chi connectivity index (χ1) is 9.68. The molecule has 1 aromatic rings. The normalized spacial score (nSPS) is 14.3. The van der Waals surface area contributed by atoms with E-state index in [0.29, 0.717) is 18.0 Å². The van der Waals surface area contributed by atoms with E-state index in [0.717, 1.165) is 17.8 Å². The van der Waals surface area contributed by atoms with Crippen molar-refractivity contribution in [1.82, 2.24) is 10.0 Å². The molecule has 21 heavy (non-hydrogen) atoms. The van der Waals surface area contributed by atoms with Gasteiger partial charge in [-0.1, -0.05) is 34.6 Å². The number of sulfonamides is 1. The molecular formula is C15H28N2O2S2. The molecular weight excluding hydrogens is 304 g/mol. The lowest BCUT2D eigenvalue weighted by Gasteiger charge is -2.27. The monoisotopic (exact) mass is 332 g/mol. The smallest absolute Gasteiger partial charge is 0.241 e. The fourth-order valence-corrected chi connectivity index (χ4v) is 4.24. The molecule has 0 amide bonds. The van der Waals surface area contributed by atoms with Gasteiger partial charge in [-0.05, 0) is 35.7 Å². The summed E-state index contributed by atoms with van der Waals surface area (Å²) < 4.78 is 27.6. The predicted octanol–water partition coefficient (Wildman–Crippen LogP) is 3.21. The minimum atomic E-state index is -3.42. The van der Waals surface area contributed by atoms with Crippen LogP contribution >= 0.6 is 11.3 Å². The maximum absolute atomic E-state index is 12.4. The molecule has 1 rings (SSSR count). The summed E-state index contributed by atoms with van der Waals surface area (Å²) in [4.78, 5) is 1.29. The van der Waals surface area contributed by atoms with Crippen LogP contribution in [0.25, 0.3) is 0 Å². The Morgan fingerprint density at radius 1 is 1.33 bits per heavy atom. The number of rotatable bonds is 8. The Balaban J connectivity index is 2.73. The number of nitrogens with one attached hydrogen (secondary N) is 2. The van der Waals surface area contributed by atoms with Crippen LogP contribution in [0.2, 0.25) is 0 Å². The molecule has 1 unspecified atom stereocenters. The Morgan fingerprint density at radius 2 is 2.00 bits per heavy atom. The zero-order chi connectivity index (χ0) is 16.1. The average molecular weight is 333 g/mol. The van der Waals surface area contributed by atoms with Gasteiger partial charge in [0.15, 0.2) is 0 Å². The molecule has 0 fully saturated rings. The molecule has 0 radical (unpaired) electrons. The molecule has 0 aliphatic rings. The molecule has 122 valence electrons. The molecule has 0 aliphatic heterocycles. The molecule has 1 atom stereocenters. The molecule has 2 N–H and O–H groups in total. The van der Waals surface area contributed by atoms with E-state index in [2.05, 4.69) is 44.7 Å². The van der Waals surface area contributed by atoms with Crippen molar-refractivity contribution in [3.63, 3.8) is 0 Å². The van der Waals surface area contributed by atoms with Crippen LogP contribution in [0.1, 0.15) is 45.9 Å². The highest BCUT2D eigenvalue weighted by atomic mass is 32.2. The molecule has 0 saturated heterocycles. The summed E-state index contributed by atoms with van der Waals surface area (Å²) in [7, 11) is -3.42. The second-order valence-electron chi connectivity index (χ2n) is 6.50. The Bertz CT molecular complexity index is 530. The Labute approximate surface area is 133 Å². The molecule has 0 aliphatic carbocycles. The largest absolute Gasteiger partial charge is 0.312 e. The summed E-state index contributed by atoms with van der Waals surface area (Å²) in [6.45, 7) is 12.5. The quantitative estimate of drug-likeness (QED) is 0.719. The zero-order valence-electron chi connectivity index (χ0n) is 13.7. The van der Waals surface area contributed by atoms with Crippen LogP contribution in [0.4, 0.5) is 0 Å². The number of thiophene rings is 1. The van der Waals surface area contributed by atoms with E-state index in [9.17, 15) is 8.42 Å². The van der Waals surface area contributed by atoms with Gasteiger partial charge in [0.2, 0.25) is 10.0 Å². The summed E-state index contributed by atoms with van der Waals surface area (Å²) >= 11 is 1.48. The van der Waals surface area contributed by atoms with E-state index >= 15 is 0 Å². The van der Waals surface area contributed by atoms with Crippen LogP contribution in [0.5, 0.6) is 0 Å². The first-order valence-electron chi connectivity index (χ1n) is 7.45. The lowest BCUT2D eigenvalue weighted by molar-refractivity contribution is 0.263. The van der Waals surface area contributed by atoms with Crippen LogP contribution < -0.4 is 10.0 Å². The predicted molar refractivity (Wildman–Crippen MR) is 90.1 cm³/mol. The van der Waals surface area contributed by atoms with E-state index in [-0.39, 0.29) is 11.3 Å². The number of hydrogen-bond donors (Lipinski definition) is 2. The van der Waals surface area contributed by atoms with Gasteiger partial charge in [0.25, 0.3) is 0 Å². The third kappa shape index (κ3) is 5.70.